The van der Waals surface area contributed by atoms with Gasteiger partial charge in [0.2, 0.25) is 21.8 Å². The molecule has 0 saturated carbocycles. The Labute approximate surface area is 160 Å². The van der Waals surface area contributed by atoms with Crippen LogP contribution in [-0.4, -0.2) is 52.1 Å². The van der Waals surface area contributed by atoms with Gasteiger partial charge in [-0.2, -0.15) is 5.21 Å². The Morgan fingerprint density at radius 1 is 1.21 bits per heavy atom. The van der Waals surface area contributed by atoms with Gasteiger partial charge in [-0.3, -0.25) is 0 Å². The normalized spacial score (nSPS) is 14.5. The van der Waals surface area contributed by atoms with E-state index >= 15 is 0 Å². The van der Waals surface area contributed by atoms with Crippen LogP contribution in [0.25, 0.3) is 11.4 Å². The summed E-state index contributed by atoms with van der Waals surface area (Å²) in [6.45, 7) is 1.77. The van der Waals surface area contributed by atoms with E-state index in [1.807, 2.05) is 0 Å². The second kappa shape index (κ2) is 7.56. The SMILES string of the molecule is O=S(=O)(NCc1ccnc(N2CCCC2)n1)c1ccc(F)c(-c2nn[nH]n2)c1. The summed E-state index contributed by atoms with van der Waals surface area (Å²) in [6, 6.07) is 5.04. The third-order valence-electron chi connectivity index (χ3n) is 4.37. The van der Waals surface area contributed by atoms with Crippen LogP contribution in [0, 0.1) is 5.82 Å². The number of rotatable bonds is 6. The number of H-pyrrole nitrogens is 1. The van der Waals surface area contributed by atoms with Crippen molar-refractivity contribution in [2.75, 3.05) is 18.0 Å². The van der Waals surface area contributed by atoms with E-state index in [1.54, 1.807) is 12.3 Å². The van der Waals surface area contributed by atoms with Crippen LogP contribution in [0.5, 0.6) is 0 Å². The topological polar surface area (TPSA) is 130 Å². The van der Waals surface area contributed by atoms with Gasteiger partial charge in [0, 0.05) is 19.3 Å². The highest BCUT2D eigenvalue weighted by Gasteiger charge is 2.20. The summed E-state index contributed by atoms with van der Waals surface area (Å²) in [5.74, 6) is -0.0811. The lowest BCUT2D eigenvalue weighted by Crippen LogP contribution is -2.25. The molecule has 146 valence electrons. The fraction of sp³-hybridized carbons (Fsp3) is 0.312. The van der Waals surface area contributed by atoms with Crippen LogP contribution in [0.1, 0.15) is 18.5 Å². The first kappa shape index (κ1) is 18.4. The Balaban J connectivity index is 1.52. The van der Waals surface area contributed by atoms with Crippen LogP contribution in [0.4, 0.5) is 10.3 Å². The van der Waals surface area contributed by atoms with Crippen molar-refractivity contribution in [3.05, 3.63) is 42.0 Å². The molecule has 0 unspecified atom stereocenters. The molecule has 0 radical (unpaired) electrons. The minimum Gasteiger partial charge on any atom is -0.341 e. The van der Waals surface area contributed by atoms with Crippen LogP contribution in [0.2, 0.25) is 0 Å². The molecule has 3 heterocycles. The van der Waals surface area contributed by atoms with Gasteiger partial charge in [0.05, 0.1) is 22.7 Å². The maximum atomic E-state index is 14.0. The number of hydrogen-bond acceptors (Lipinski definition) is 8. The second-order valence-electron chi connectivity index (χ2n) is 6.24. The van der Waals surface area contributed by atoms with E-state index in [4.69, 9.17) is 0 Å². The third-order valence-corrected chi connectivity index (χ3v) is 5.77. The molecule has 1 aliphatic heterocycles. The zero-order chi connectivity index (χ0) is 19.6. The first-order valence-corrected chi connectivity index (χ1v) is 10.1. The van der Waals surface area contributed by atoms with Gasteiger partial charge in [-0.1, -0.05) is 0 Å². The Morgan fingerprint density at radius 2 is 2.04 bits per heavy atom. The van der Waals surface area contributed by atoms with Gasteiger partial charge < -0.3 is 4.90 Å². The van der Waals surface area contributed by atoms with Crippen LogP contribution in [0.15, 0.2) is 35.4 Å². The molecule has 0 atom stereocenters. The van der Waals surface area contributed by atoms with E-state index in [9.17, 15) is 12.8 Å². The first-order chi connectivity index (χ1) is 13.5. The molecule has 12 heteroatoms. The van der Waals surface area contributed by atoms with E-state index in [2.05, 4.69) is 40.2 Å². The van der Waals surface area contributed by atoms with Gasteiger partial charge in [0.15, 0.2) is 0 Å². The lowest BCUT2D eigenvalue weighted by molar-refractivity contribution is 0.579. The Hall–Kier alpha value is -2.99. The molecule has 0 amide bonds. The number of anilines is 1. The molecule has 0 bridgehead atoms. The summed E-state index contributed by atoms with van der Waals surface area (Å²) in [5, 5.41) is 12.9. The molecule has 1 aromatic carbocycles. The van der Waals surface area contributed by atoms with Crippen molar-refractivity contribution in [3.63, 3.8) is 0 Å². The molecule has 10 nitrogen and oxygen atoms in total. The number of hydrogen-bond donors (Lipinski definition) is 2. The minimum atomic E-state index is -3.90. The second-order valence-corrected chi connectivity index (χ2v) is 8.01. The quantitative estimate of drug-likeness (QED) is 0.619. The maximum Gasteiger partial charge on any atom is 0.240 e. The fourth-order valence-corrected chi connectivity index (χ4v) is 3.95. The van der Waals surface area contributed by atoms with Crippen molar-refractivity contribution in [1.29, 1.82) is 0 Å². The average molecular weight is 404 g/mol. The van der Waals surface area contributed by atoms with Crippen molar-refractivity contribution in [2.45, 2.75) is 24.3 Å². The smallest absolute Gasteiger partial charge is 0.240 e. The minimum absolute atomic E-state index is 0.0133. The number of nitrogens with one attached hydrogen (secondary N) is 2. The summed E-state index contributed by atoms with van der Waals surface area (Å²) >= 11 is 0. The molecule has 1 aliphatic rings. The van der Waals surface area contributed by atoms with E-state index in [-0.39, 0.29) is 22.8 Å². The number of benzene rings is 1. The van der Waals surface area contributed by atoms with Crippen molar-refractivity contribution < 1.29 is 12.8 Å². The lowest BCUT2D eigenvalue weighted by Gasteiger charge is -2.15. The molecule has 3 aromatic rings. The van der Waals surface area contributed by atoms with Crippen molar-refractivity contribution in [3.8, 4) is 11.4 Å². The highest BCUT2D eigenvalue weighted by atomic mass is 32.2. The number of nitrogens with zero attached hydrogens (tertiary/aromatic N) is 6. The highest BCUT2D eigenvalue weighted by Crippen LogP contribution is 2.22. The Morgan fingerprint density at radius 3 is 2.79 bits per heavy atom. The van der Waals surface area contributed by atoms with Crippen LogP contribution < -0.4 is 9.62 Å². The van der Waals surface area contributed by atoms with Gasteiger partial charge in [0.1, 0.15) is 5.82 Å². The molecule has 0 aliphatic carbocycles. The predicted molar refractivity (Wildman–Crippen MR) is 97.1 cm³/mol. The molecule has 28 heavy (non-hydrogen) atoms. The Bertz CT molecular complexity index is 1070. The summed E-state index contributed by atoms with van der Waals surface area (Å²) in [4.78, 5) is 10.6. The number of sulfonamides is 1. The zero-order valence-corrected chi connectivity index (χ0v) is 15.5. The van der Waals surface area contributed by atoms with E-state index < -0.39 is 15.8 Å². The number of halogens is 1. The molecule has 1 saturated heterocycles. The molecule has 2 aromatic heterocycles. The number of aromatic amines is 1. The monoisotopic (exact) mass is 404 g/mol. The van der Waals surface area contributed by atoms with E-state index in [0.717, 1.165) is 38.1 Å². The highest BCUT2D eigenvalue weighted by molar-refractivity contribution is 7.89. The molecule has 0 spiro atoms. The third kappa shape index (κ3) is 3.82. The predicted octanol–water partition coefficient (Wildman–Crippen LogP) is 0.874. The Kier molecular flexibility index (Phi) is 4.96. The summed E-state index contributed by atoms with van der Waals surface area (Å²) in [6.07, 6.45) is 3.79. The van der Waals surface area contributed by atoms with Crippen LogP contribution >= 0.6 is 0 Å². The zero-order valence-electron chi connectivity index (χ0n) is 14.7. The van der Waals surface area contributed by atoms with Gasteiger partial charge in [-0.25, -0.2) is 27.5 Å². The summed E-state index contributed by atoms with van der Waals surface area (Å²) < 4.78 is 41.7. The van der Waals surface area contributed by atoms with Crippen LogP contribution in [0.3, 0.4) is 0 Å². The number of tetrazole rings is 1. The van der Waals surface area contributed by atoms with Gasteiger partial charge in [-0.15, -0.1) is 10.2 Å². The maximum absolute atomic E-state index is 14.0. The molecular formula is C16H17FN8O2S. The van der Waals surface area contributed by atoms with E-state index in [0.29, 0.717) is 11.6 Å². The van der Waals surface area contributed by atoms with Gasteiger partial charge in [-0.05, 0) is 42.3 Å². The largest absolute Gasteiger partial charge is 0.341 e. The molecule has 4 rings (SSSR count). The number of aromatic nitrogens is 6. The molecule has 1 fully saturated rings. The average Bonchev–Trinajstić information content (AvgIpc) is 3.41. The van der Waals surface area contributed by atoms with Gasteiger partial charge in [0.25, 0.3) is 0 Å². The van der Waals surface area contributed by atoms with Gasteiger partial charge >= 0.3 is 0 Å². The van der Waals surface area contributed by atoms with Crippen molar-refractivity contribution in [2.24, 2.45) is 0 Å². The van der Waals surface area contributed by atoms with Crippen molar-refractivity contribution in [1.82, 2.24) is 35.3 Å². The molecular weight excluding hydrogens is 387 g/mol. The molecule has 2 N–H and O–H groups in total. The fourth-order valence-electron chi connectivity index (χ4n) is 2.92. The van der Waals surface area contributed by atoms with Crippen LogP contribution in [-0.2, 0) is 16.6 Å². The first-order valence-electron chi connectivity index (χ1n) is 8.63. The summed E-state index contributed by atoms with van der Waals surface area (Å²) in [7, 11) is -3.90. The summed E-state index contributed by atoms with van der Waals surface area (Å²) in [5.41, 5.74) is 0.482. The standard InChI is InChI=1S/C16H17FN8O2S/c17-14-4-3-12(9-13(14)15-21-23-24-22-15)28(26,27)19-10-11-5-6-18-16(20-11)25-7-1-2-8-25/h3-6,9,19H,1-2,7-8,10H2,(H,21,22,23,24). The van der Waals surface area contributed by atoms with Crippen molar-refractivity contribution >= 4 is 16.0 Å². The lowest BCUT2D eigenvalue weighted by atomic mass is 10.2. The van der Waals surface area contributed by atoms with E-state index in [1.165, 1.54) is 6.07 Å².